The van der Waals surface area contributed by atoms with Gasteiger partial charge < -0.3 is 33.4 Å². The minimum atomic E-state index is -1.01. The number of nitrogen functional groups attached to an aromatic ring is 5. The smallest absolute Gasteiger partial charge is 0.183 e. The van der Waals surface area contributed by atoms with Gasteiger partial charge in [-0.05, 0) is 153 Å². The van der Waals surface area contributed by atoms with Gasteiger partial charge >= 0.3 is 0 Å². The number of ether oxygens (including phenoxy) is 1. The predicted octanol–water partition coefficient (Wildman–Crippen LogP) is 21.0. The monoisotopic (exact) mass is 1760 g/mol. The summed E-state index contributed by atoms with van der Waals surface area (Å²) in [6.07, 6.45) is 8.69. The zero-order chi connectivity index (χ0) is 92.1. The van der Waals surface area contributed by atoms with Crippen molar-refractivity contribution < 1.29 is 13.5 Å². The van der Waals surface area contributed by atoms with Gasteiger partial charge in [-0.15, -0.1) is 0 Å². The van der Waals surface area contributed by atoms with Crippen molar-refractivity contribution in [2.24, 2.45) is 0 Å². The van der Waals surface area contributed by atoms with Crippen LogP contribution in [0.2, 0.25) is 10.0 Å². The number of rotatable bonds is 11. The fourth-order valence-corrected chi connectivity index (χ4v) is 14.7. The Labute approximate surface area is 761 Å². The number of halogens is 4. The van der Waals surface area contributed by atoms with Crippen molar-refractivity contribution in [2.45, 2.75) is 6.92 Å². The number of aryl methyl sites for hydroxylation is 1. The van der Waals surface area contributed by atoms with Crippen LogP contribution in [0.4, 0.5) is 37.9 Å². The highest BCUT2D eigenvalue weighted by molar-refractivity contribution is 6.33. The number of nitriles is 5. The van der Waals surface area contributed by atoms with Gasteiger partial charge in [-0.2, -0.15) is 26.3 Å². The molecule has 0 saturated carbocycles. The maximum absolute atomic E-state index is 13.7. The molecule has 0 amide bonds. The standard InChI is InChI=1S/C21H15N5O.C21H15N5.2C20H12ClN5.C20H11F2N5/c1-27-16-6-2-4-14(11-16)20-19(25-18(12-22)21(23)26-20)15-7-8-17-13(10-15)5-3-9-24-17;1-13-4-2-5-15(10-13)20-19(25-18(12-22)21(23)26-20)16-7-8-17-14(11-16)6-3-9-24-17;21-15-5-1-3-13(10-15)19-18(25-17(11-22)20(23)26-19)14-6-7-16-12(9-14)4-2-8-24-16;21-15-6-2-1-5-14(15)19-18(25-17(11-22)20(23)26-19)13-7-8-16-12(10-13)4-3-9-24-16;21-14-5-3-13(9-15(14)22)19-18(26-17(10-23)20(24)27-19)12-4-6-16-11(8-12)2-1-7-25-16/h2-11H,1H3,(H2,23,26);2-11H,1H3,(H2,23,26);2*1-10H,(H2,23,26);1-9H,(H2,24,27). The highest BCUT2D eigenvalue weighted by Gasteiger charge is 2.24. The first-order valence-electron chi connectivity index (χ1n) is 40.1. The van der Waals surface area contributed by atoms with E-state index in [1.54, 1.807) is 68.4 Å². The van der Waals surface area contributed by atoms with Gasteiger partial charge in [0.15, 0.2) is 69.2 Å². The number of fused-ring (bicyclic) bond motifs is 5. The molecule has 0 fully saturated rings. The molecular weight excluding hydrogens is 1700 g/mol. The average molecular weight is 1770 g/mol. The van der Waals surface area contributed by atoms with E-state index < -0.39 is 11.6 Å². The third-order valence-corrected chi connectivity index (χ3v) is 21.1. The summed E-state index contributed by atoms with van der Waals surface area (Å²) in [7, 11) is 1.61. The molecular formula is C102H65Cl2F2N25O. The van der Waals surface area contributed by atoms with Gasteiger partial charge in [0.05, 0.1) is 91.0 Å². The molecule has 10 aromatic heterocycles. The van der Waals surface area contributed by atoms with E-state index in [0.29, 0.717) is 83.7 Å². The van der Waals surface area contributed by atoms with Crippen molar-refractivity contribution >= 4 is 107 Å². The van der Waals surface area contributed by atoms with Crippen molar-refractivity contribution in [3.05, 3.63) is 354 Å². The van der Waals surface area contributed by atoms with Crippen molar-refractivity contribution in [2.75, 3.05) is 35.8 Å². The Morgan fingerprint density at radius 1 is 0.273 bits per heavy atom. The lowest BCUT2D eigenvalue weighted by molar-refractivity contribution is 0.415. The number of nitrogens with zero attached hydrogens (tertiary/aromatic N) is 20. The molecule has 20 aromatic rings. The third-order valence-electron chi connectivity index (χ3n) is 20.6. The van der Waals surface area contributed by atoms with Gasteiger partial charge in [-0.25, -0.2) is 58.6 Å². The minimum absolute atomic E-state index is 0.0392. The number of aromatic nitrogens is 15. The normalized spacial score (nSPS) is 10.6. The molecule has 10 N–H and O–H groups in total. The fraction of sp³-hybridized carbons (Fsp3) is 0.0196. The number of hydrogen-bond acceptors (Lipinski definition) is 26. The lowest BCUT2D eigenvalue weighted by atomic mass is 10.0. The molecule has 20 rings (SSSR count). The maximum atomic E-state index is 13.7. The Balaban J connectivity index is 0.000000120. The van der Waals surface area contributed by atoms with Gasteiger partial charge in [0, 0.05) is 119 Å². The predicted molar refractivity (Wildman–Crippen MR) is 508 cm³/mol. The van der Waals surface area contributed by atoms with E-state index in [9.17, 15) is 35.1 Å². The lowest BCUT2D eigenvalue weighted by Crippen LogP contribution is -2.03. The maximum Gasteiger partial charge on any atom is 0.183 e. The summed E-state index contributed by atoms with van der Waals surface area (Å²) >= 11 is 12.5. The lowest BCUT2D eigenvalue weighted by Gasteiger charge is -2.12. The van der Waals surface area contributed by atoms with Gasteiger partial charge in [0.25, 0.3) is 0 Å². The molecule has 0 spiro atoms. The van der Waals surface area contributed by atoms with E-state index in [1.165, 1.54) is 6.07 Å². The van der Waals surface area contributed by atoms with Crippen LogP contribution in [-0.4, -0.2) is 81.9 Å². The summed E-state index contributed by atoms with van der Waals surface area (Å²) < 4.78 is 32.4. The summed E-state index contributed by atoms with van der Waals surface area (Å²) in [5, 5.41) is 52.4. The zero-order valence-electron chi connectivity index (χ0n) is 69.5. The molecule has 0 aliphatic heterocycles. The van der Waals surface area contributed by atoms with Crippen molar-refractivity contribution in [3.8, 4) is 149 Å². The van der Waals surface area contributed by atoms with Crippen molar-refractivity contribution in [1.82, 2.24) is 74.8 Å². The van der Waals surface area contributed by atoms with E-state index in [-0.39, 0.29) is 63.3 Å². The van der Waals surface area contributed by atoms with Crippen LogP contribution >= 0.6 is 23.2 Å². The molecule has 0 radical (unpaired) electrons. The number of pyridine rings is 5. The molecule has 10 aromatic carbocycles. The minimum Gasteiger partial charge on any atom is -0.497 e. The van der Waals surface area contributed by atoms with Crippen LogP contribution in [0.3, 0.4) is 0 Å². The molecule has 132 heavy (non-hydrogen) atoms. The van der Waals surface area contributed by atoms with Gasteiger partial charge in [-0.3, -0.25) is 24.9 Å². The number of anilines is 5. The van der Waals surface area contributed by atoms with Crippen LogP contribution in [0.5, 0.6) is 5.75 Å². The molecule has 26 nitrogen and oxygen atoms in total. The average Bonchev–Trinajstić information content (AvgIpc) is 0.795. The van der Waals surface area contributed by atoms with E-state index in [0.717, 1.165) is 111 Å². The molecule has 10 heterocycles. The summed E-state index contributed by atoms with van der Waals surface area (Å²) in [5.41, 5.74) is 48.1. The topological polar surface area (TPSA) is 452 Å². The Bertz CT molecular complexity index is 7990. The van der Waals surface area contributed by atoms with Gasteiger partial charge in [0.2, 0.25) is 0 Å². The molecule has 30 heteroatoms. The first-order chi connectivity index (χ1) is 64.2. The van der Waals surface area contributed by atoms with Crippen LogP contribution in [-0.2, 0) is 0 Å². The van der Waals surface area contributed by atoms with Crippen LogP contribution in [0.15, 0.2) is 298 Å². The second-order valence-electron chi connectivity index (χ2n) is 29.1. The van der Waals surface area contributed by atoms with E-state index in [2.05, 4.69) is 74.8 Å². The van der Waals surface area contributed by atoms with Gasteiger partial charge in [0.1, 0.15) is 41.8 Å². The molecule has 0 bridgehead atoms. The fourth-order valence-electron chi connectivity index (χ4n) is 14.3. The first-order valence-corrected chi connectivity index (χ1v) is 40.8. The quantitative estimate of drug-likeness (QED) is 0.0803. The van der Waals surface area contributed by atoms with E-state index in [1.807, 2.05) is 256 Å². The van der Waals surface area contributed by atoms with Crippen LogP contribution in [0.25, 0.3) is 167 Å². The van der Waals surface area contributed by atoms with Gasteiger partial charge in [-0.1, -0.05) is 150 Å². The second-order valence-corrected chi connectivity index (χ2v) is 30.0. The third kappa shape index (κ3) is 19.0. The van der Waals surface area contributed by atoms with Crippen LogP contribution in [0.1, 0.15) is 34.0 Å². The largest absolute Gasteiger partial charge is 0.497 e. The molecule has 0 aliphatic rings. The van der Waals surface area contributed by atoms with Crippen LogP contribution < -0.4 is 33.4 Å². The zero-order valence-corrected chi connectivity index (χ0v) is 71.1. The number of benzene rings is 10. The molecule has 0 atom stereocenters. The van der Waals surface area contributed by atoms with Crippen LogP contribution in [0, 0.1) is 75.2 Å². The SMILES string of the molecule is COc1cccc(-c2nc(N)c(C#N)nc2-c2ccc3ncccc3c2)c1.Cc1cccc(-c2nc(N)c(C#N)nc2-c2ccc3ncccc3c2)c1.N#Cc1nc(-c2ccc3ncccc3c2)c(-c2ccc(F)c(F)c2)nc1N.N#Cc1nc(-c2ccc3ncccc3c2)c(-c2cccc(Cl)c2)nc1N.N#Cc1nc(-c2ccc3ncccc3c2)c(-c2ccccc2Cl)nc1N. The summed E-state index contributed by atoms with van der Waals surface area (Å²) in [4.78, 5) is 65.9. The summed E-state index contributed by atoms with van der Waals surface area (Å²) in [6, 6.07) is 91.3. The number of nitrogens with two attached hydrogens (primary N) is 5. The number of methoxy groups -OCH3 is 1. The Morgan fingerprint density at radius 3 is 0.886 bits per heavy atom. The highest BCUT2D eigenvalue weighted by atomic mass is 35.5. The Morgan fingerprint density at radius 2 is 0.561 bits per heavy atom. The molecule has 0 unspecified atom stereocenters. The Hall–Kier alpha value is -18.7. The van der Waals surface area contributed by atoms with Crippen molar-refractivity contribution in [1.29, 1.82) is 26.3 Å². The van der Waals surface area contributed by atoms with E-state index >= 15 is 0 Å². The highest BCUT2D eigenvalue weighted by Crippen LogP contribution is 2.41. The first kappa shape index (κ1) is 86.8. The summed E-state index contributed by atoms with van der Waals surface area (Å²) in [6.45, 7) is 2.02. The van der Waals surface area contributed by atoms with Crippen molar-refractivity contribution in [3.63, 3.8) is 0 Å². The second kappa shape index (κ2) is 38.8. The van der Waals surface area contributed by atoms with E-state index in [4.69, 9.17) is 56.6 Å². The number of hydrogen-bond donors (Lipinski definition) is 5. The molecule has 632 valence electrons. The molecule has 0 aliphatic carbocycles. The summed E-state index contributed by atoms with van der Waals surface area (Å²) in [5.74, 6) is -0.953. The molecule has 0 saturated heterocycles. The Kier molecular flexibility index (Phi) is 25.6.